The number of aliphatic hydroxyl groups is 2. The van der Waals surface area contributed by atoms with Crippen LogP contribution in [0.5, 0.6) is 0 Å². The number of nitrogens with zero attached hydrogens (tertiary/aromatic N) is 2. The number of rotatable bonds is 4. The zero-order valence-corrected chi connectivity index (χ0v) is 11.3. The van der Waals surface area contributed by atoms with Gasteiger partial charge in [0, 0.05) is 18.3 Å². The quantitative estimate of drug-likeness (QED) is 0.853. The maximum absolute atomic E-state index is 9.78. The van der Waals surface area contributed by atoms with Crippen molar-refractivity contribution in [3.05, 3.63) is 29.3 Å². The van der Waals surface area contributed by atoms with Gasteiger partial charge in [0.05, 0.1) is 29.9 Å². The first-order valence-electron chi connectivity index (χ1n) is 5.90. The fourth-order valence-corrected chi connectivity index (χ4v) is 1.69. The Morgan fingerprint density at radius 3 is 2.50 bits per heavy atom. The molecule has 0 radical (unpaired) electrons. The Morgan fingerprint density at radius 1 is 1.44 bits per heavy atom. The molecule has 0 saturated heterocycles. The van der Waals surface area contributed by atoms with Crippen molar-refractivity contribution in [1.82, 2.24) is 0 Å². The van der Waals surface area contributed by atoms with E-state index >= 15 is 0 Å². The summed E-state index contributed by atoms with van der Waals surface area (Å²) in [6, 6.07) is 7.26. The number of likely N-dealkylation sites (N-methyl/N-ethyl adjacent to an activating group) is 1. The summed E-state index contributed by atoms with van der Waals surface area (Å²) in [6.45, 7) is 5.47. The fourth-order valence-electron chi connectivity index (χ4n) is 1.69. The summed E-state index contributed by atoms with van der Waals surface area (Å²) in [7, 11) is 1.85. The van der Waals surface area contributed by atoms with E-state index in [-0.39, 0.29) is 6.61 Å². The van der Waals surface area contributed by atoms with E-state index in [1.165, 1.54) is 0 Å². The van der Waals surface area contributed by atoms with E-state index in [9.17, 15) is 10.2 Å². The zero-order chi connectivity index (χ0) is 13.9. The van der Waals surface area contributed by atoms with Crippen molar-refractivity contribution in [3.8, 4) is 6.07 Å². The minimum Gasteiger partial charge on any atom is -0.394 e. The summed E-state index contributed by atoms with van der Waals surface area (Å²) in [5.41, 5.74) is 1.59. The molecule has 0 bridgehead atoms. The van der Waals surface area contributed by atoms with Gasteiger partial charge in [0.25, 0.3) is 0 Å². The van der Waals surface area contributed by atoms with Gasteiger partial charge in [0.2, 0.25) is 0 Å². The number of anilines is 1. The van der Waals surface area contributed by atoms with Crippen LogP contribution in [-0.4, -0.2) is 29.4 Å². The standard InChI is InChI=1S/C14H20N2O2/c1-10(18)12-6-5-11(8-15)7-13(12)16(4)14(2,3)9-17/h5-7,10,17-18H,9H2,1-4H3/t10-/m1/s1. The van der Waals surface area contributed by atoms with Crippen molar-refractivity contribution in [3.63, 3.8) is 0 Å². The lowest BCUT2D eigenvalue weighted by atomic mass is 9.99. The van der Waals surface area contributed by atoms with Gasteiger partial charge in [0.15, 0.2) is 0 Å². The topological polar surface area (TPSA) is 67.5 Å². The summed E-state index contributed by atoms with van der Waals surface area (Å²) in [5, 5.41) is 28.1. The van der Waals surface area contributed by atoms with Gasteiger partial charge in [-0.05, 0) is 32.9 Å². The molecule has 1 aromatic carbocycles. The molecule has 0 saturated carbocycles. The van der Waals surface area contributed by atoms with Crippen LogP contribution in [0.15, 0.2) is 18.2 Å². The molecule has 0 aliphatic rings. The van der Waals surface area contributed by atoms with Crippen LogP contribution in [0, 0.1) is 11.3 Å². The van der Waals surface area contributed by atoms with Crippen LogP contribution >= 0.6 is 0 Å². The van der Waals surface area contributed by atoms with E-state index < -0.39 is 11.6 Å². The molecule has 0 aromatic heterocycles. The average molecular weight is 248 g/mol. The molecule has 98 valence electrons. The highest BCUT2D eigenvalue weighted by atomic mass is 16.3. The molecule has 0 fully saturated rings. The Hall–Kier alpha value is -1.57. The summed E-state index contributed by atoms with van der Waals surface area (Å²) >= 11 is 0. The van der Waals surface area contributed by atoms with Gasteiger partial charge in [0.1, 0.15) is 0 Å². The molecule has 1 atom stereocenters. The van der Waals surface area contributed by atoms with E-state index in [0.717, 1.165) is 11.3 Å². The molecular formula is C14H20N2O2. The second-order valence-electron chi connectivity index (χ2n) is 5.09. The first-order chi connectivity index (χ1) is 8.33. The van der Waals surface area contributed by atoms with E-state index in [0.29, 0.717) is 5.56 Å². The molecular weight excluding hydrogens is 228 g/mol. The second kappa shape index (κ2) is 5.38. The van der Waals surface area contributed by atoms with Crippen molar-refractivity contribution in [2.45, 2.75) is 32.4 Å². The third-order valence-corrected chi connectivity index (χ3v) is 3.27. The fraction of sp³-hybridized carbons (Fsp3) is 0.500. The van der Waals surface area contributed by atoms with Gasteiger partial charge >= 0.3 is 0 Å². The van der Waals surface area contributed by atoms with Gasteiger partial charge in [-0.3, -0.25) is 0 Å². The number of benzene rings is 1. The lowest BCUT2D eigenvalue weighted by Crippen LogP contribution is -2.45. The molecule has 0 aliphatic carbocycles. The van der Waals surface area contributed by atoms with Crippen LogP contribution in [-0.2, 0) is 0 Å². The van der Waals surface area contributed by atoms with E-state index in [4.69, 9.17) is 5.26 Å². The lowest BCUT2D eigenvalue weighted by Gasteiger charge is -2.37. The van der Waals surface area contributed by atoms with Gasteiger partial charge in [-0.1, -0.05) is 6.07 Å². The van der Waals surface area contributed by atoms with Crippen LogP contribution in [0.2, 0.25) is 0 Å². The predicted octanol–water partition coefficient (Wildman–Crippen LogP) is 1.82. The lowest BCUT2D eigenvalue weighted by molar-refractivity contribution is 0.196. The molecule has 2 N–H and O–H groups in total. The molecule has 0 heterocycles. The number of hydrogen-bond acceptors (Lipinski definition) is 4. The molecule has 1 rings (SSSR count). The monoisotopic (exact) mass is 248 g/mol. The first-order valence-corrected chi connectivity index (χ1v) is 5.90. The molecule has 1 aromatic rings. The van der Waals surface area contributed by atoms with Crippen molar-refractivity contribution in [2.24, 2.45) is 0 Å². The van der Waals surface area contributed by atoms with E-state index in [1.54, 1.807) is 25.1 Å². The smallest absolute Gasteiger partial charge is 0.0992 e. The largest absolute Gasteiger partial charge is 0.394 e. The Morgan fingerprint density at radius 2 is 2.06 bits per heavy atom. The molecule has 0 unspecified atom stereocenters. The minimum absolute atomic E-state index is 0.0144. The summed E-state index contributed by atoms with van der Waals surface area (Å²) in [5.74, 6) is 0. The maximum Gasteiger partial charge on any atom is 0.0992 e. The van der Waals surface area contributed by atoms with Crippen molar-refractivity contribution in [2.75, 3.05) is 18.6 Å². The highest BCUT2D eigenvalue weighted by molar-refractivity contribution is 5.59. The zero-order valence-electron chi connectivity index (χ0n) is 11.3. The third-order valence-electron chi connectivity index (χ3n) is 3.27. The predicted molar refractivity (Wildman–Crippen MR) is 71.4 cm³/mol. The van der Waals surface area contributed by atoms with Crippen LogP contribution in [0.1, 0.15) is 38.0 Å². The normalized spacial score (nSPS) is 12.9. The molecule has 4 heteroatoms. The number of nitriles is 1. The maximum atomic E-state index is 9.78. The Kier molecular flexibility index (Phi) is 4.33. The van der Waals surface area contributed by atoms with Crippen LogP contribution in [0.4, 0.5) is 5.69 Å². The van der Waals surface area contributed by atoms with Gasteiger partial charge in [-0.2, -0.15) is 5.26 Å². The SMILES string of the molecule is C[C@@H](O)c1ccc(C#N)cc1N(C)C(C)(C)CO. The molecule has 0 amide bonds. The van der Waals surface area contributed by atoms with Crippen LogP contribution < -0.4 is 4.90 Å². The van der Waals surface area contributed by atoms with Gasteiger partial charge < -0.3 is 15.1 Å². The average Bonchev–Trinajstić information content (AvgIpc) is 2.36. The highest BCUT2D eigenvalue weighted by Crippen LogP contribution is 2.30. The Labute approximate surface area is 108 Å². The Bertz CT molecular complexity index is 461. The Balaban J connectivity index is 3.32. The highest BCUT2D eigenvalue weighted by Gasteiger charge is 2.25. The van der Waals surface area contributed by atoms with Crippen LogP contribution in [0.25, 0.3) is 0 Å². The second-order valence-corrected chi connectivity index (χ2v) is 5.09. The summed E-state index contributed by atoms with van der Waals surface area (Å²) < 4.78 is 0. The molecule has 0 aliphatic heterocycles. The summed E-state index contributed by atoms with van der Waals surface area (Å²) in [4.78, 5) is 1.88. The van der Waals surface area contributed by atoms with Crippen molar-refractivity contribution < 1.29 is 10.2 Å². The van der Waals surface area contributed by atoms with Gasteiger partial charge in [-0.15, -0.1) is 0 Å². The first kappa shape index (κ1) is 14.5. The van der Waals surface area contributed by atoms with Crippen molar-refractivity contribution >= 4 is 5.69 Å². The van der Waals surface area contributed by atoms with Gasteiger partial charge in [-0.25, -0.2) is 0 Å². The van der Waals surface area contributed by atoms with E-state index in [1.807, 2.05) is 25.8 Å². The molecule has 4 nitrogen and oxygen atoms in total. The molecule has 18 heavy (non-hydrogen) atoms. The molecule has 0 spiro atoms. The van der Waals surface area contributed by atoms with Crippen molar-refractivity contribution in [1.29, 1.82) is 5.26 Å². The number of aliphatic hydroxyl groups excluding tert-OH is 2. The third kappa shape index (κ3) is 2.81. The van der Waals surface area contributed by atoms with E-state index in [2.05, 4.69) is 6.07 Å². The minimum atomic E-state index is -0.621. The number of hydrogen-bond donors (Lipinski definition) is 2. The summed E-state index contributed by atoms with van der Waals surface area (Å²) in [6.07, 6.45) is -0.621. The van der Waals surface area contributed by atoms with Crippen LogP contribution in [0.3, 0.4) is 0 Å².